The maximum atomic E-state index is 12.8. The molecule has 0 rings (SSSR count). The van der Waals surface area contributed by atoms with Gasteiger partial charge in [0, 0.05) is 19.4 Å². The highest BCUT2D eigenvalue weighted by atomic mass is 31.2. The van der Waals surface area contributed by atoms with E-state index in [9.17, 15) is 19.0 Å². The molecule has 0 aliphatic carbocycles. The van der Waals surface area contributed by atoms with Crippen LogP contribution in [-0.4, -0.2) is 49.3 Å². The number of phosphoric acid groups is 1. The molecule has 0 aromatic carbocycles. The van der Waals surface area contributed by atoms with Gasteiger partial charge in [-0.15, -0.1) is 0 Å². The summed E-state index contributed by atoms with van der Waals surface area (Å²) >= 11 is 0. The molecule has 95 heavy (non-hydrogen) atoms. The largest absolute Gasteiger partial charge is 0.472 e. The second kappa shape index (κ2) is 76.6. The van der Waals surface area contributed by atoms with E-state index in [-0.39, 0.29) is 32.6 Å². The Morgan fingerprint density at radius 1 is 0.316 bits per heavy atom. The molecular formula is C85H128NO8P. The number of hydrogen-bond donors (Lipinski definition) is 2. The maximum Gasteiger partial charge on any atom is 0.472 e. The molecule has 526 valence electrons. The van der Waals surface area contributed by atoms with Crippen LogP contribution in [0.5, 0.6) is 0 Å². The Labute approximate surface area is 579 Å². The van der Waals surface area contributed by atoms with Crippen molar-refractivity contribution in [3.05, 3.63) is 255 Å². The summed E-state index contributed by atoms with van der Waals surface area (Å²) in [6.45, 7) is 3.42. The fraction of sp³-hybridized carbons (Fsp3) is 0.482. The highest BCUT2D eigenvalue weighted by Crippen LogP contribution is 2.43. The molecule has 0 spiro atoms. The van der Waals surface area contributed by atoms with Crippen molar-refractivity contribution < 1.29 is 37.6 Å². The number of esters is 2. The van der Waals surface area contributed by atoms with E-state index in [1.165, 1.54) is 0 Å². The van der Waals surface area contributed by atoms with Crippen molar-refractivity contribution >= 4 is 19.8 Å². The van der Waals surface area contributed by atoms with Gasteiger partial charge < -0.3 is 20.1 Å². The zero-order valence-corrected chi connectivity index (χ0v) is 59.9. The lowest BCUT2D eigenvalue weighted by molar-refractivity contribution is -0.161. The fourth-order valence-electron chi connectivity index (χ4n) is 8.67. The van der Waals surface area contributed by atoms with Crippen molar-refractivity contribution in [2.24, 2.45) is 5.73 Å². The molecule has 0 amide bonds. The van der Waals surface area contributed by atoms with Gasteiger partial charge in [-0.25, -0.2) is 4.57 Å². The van der Waals surface area contributed by atoms with Gasteiger partial charge in [0.05, 0.1) is 13.2 Å². The van der Waals surface area contributed by atoms with Crippen molar-refractivity contribution in [1.82, 2.24) is 0 Å². The van der Waals surface area contributed by atoms with Crippen molar-refractivity contribution in [2.75, 3.05) is 26.4 Å². The molecule has 10 heteroatoms. The highest BCUT2D eigenvalue weighted by Gasteiger charge is 2.26. The number of carbonyl (C=O) groups excluding carboxylic acids is 2. The minimum Gasteiger partial charge on any atom is -0.462 e. The van der Waals surface area contributed by atoms with Crippen LogP contribution in [0.1, 0.15) is 232 Å². The van der Waals surface area contributed by atoms with Crippen molar-refractivity contribution in [1.29, 1.82) is 0 Å². The highest BCUT2D eigenvalue weighted by molar-refractivity contribution is 7.47. The molecule has 2 unspecified atom stereocenters. The van der Waals surface area contributed by atoms with E-state index in [4.69, 9.17) is 24.3 Å². The third kappa shape index (κ3) is 76.5. The second-order valence-corrected chi connectivity index (χ2v) is 24.1. The summed E-state index contributed by atoms with van der Waals surface area (Å²) in [7, 11) is -4.43. The quantitative estimate of drug-likeness (QED) is 0.0264. The van der Waals surface area contributed by atoms with Crippen LogP contribution in [0.15, 0.2) is 255 Å². The van der Waals surface area contributed by atoms with E-state index >= 15 is 0 Å². The first kappa shape index (κ1) is 88.5. The minimum absolute atomic E-state index is 0.0314. The van der Waals surface area contributed by atoms with Gasteiger partial charge in [-0.2, -0.15) is 0 Å². The Morgan fingerprint density at radius 3 is 0.811 bits per heavy atom. The van der Waals surface area contributed by atoms with Crippen LogP contribution < -0.4 is 5.73 Å². The van der Waals surface area contributed by atoms with Gasteiger partial charge in [0.25, 0.3) is 0 Å². The average molecular weight is 1320 g/mol. The average Bonchev–Trinajstić information content (AvgIpc) is 2.75. The van der Waals surface area contributed by atoms with Crippen molar-refractivity contribution in [3.63, 3.8) is 0 Å². The summed E-state index contributed by atoms with van der Waals surface area (Å²) in [5.41, 5.74) is 5.40. The fourth-order valence-corrected chi connectivity index (χ4v) is 9.43. The normalized spacial score (nSPS) is 14.4. The summed E-state index contributed by atoms with van der Waals surface area (Å²) in [4.78, 5) is 35.4. The second-order valence-electron chi connectivity index (χ2n) is 22.6. The molecule has 9 nitrogen and oxygen atoms in total. The van der Waals surface area contributed by atoms with Crippen LogP contribution in [0, 0.1) is 0 Å². The summed E-state index contributed by atoms with van der Waals surface area (Å²) < 4.78 is 33.1. The minimum atomic E-state index is -4.43. The number of phosphoric ester groups is 1. The number of unbranched alkanes of at least 4 members (excludes halogenated alkanes) is 9. The Kier molecular flexibility index (Phi) is 71.4. The molecule has 0 fully saturated rings. The summed E-state index contributed by atoms with van der Waals surface area (Å²) in [6.07, 6.45) is 123. The number of ether oxygens (including phenoxy) is 2. The topological polar surface area (TPSA) is 134 Å². The van der Waals surface area contributed by atoms with E-state index in [1.807, 2.05) is 0 Å². The molecule has 0 radical (unpaired) electrons. The molecule has 2 atom stereocenters. The van der Waals surface area contributed by atoms with Gasteiger partial charge in [-0.05, 0) is 173 Å². The van der Waals surface area contributed by atoms with Crippen molar-refractivity contribution in [2.45, 2.75) is 238 Å². The van der Waals surface area contributed by atoms with Crippen LogP contribution in [0.25, 0.3) is 0 Å². The SMILES string of the molecule is CC/C=C\C/C=C\C/C=C\C/C=C\C/C=C\C/C=C\C/C=C\C/C=C\C/C=C\C/C=C\C/C=C\C/C=C\CCCCCCC(=O)OC(COC(=O)CCCCCCC/C=C\C/C=C\C/C=C\C/C=C\C/C=C\C/C=C\C/C=C\C/C=C\C/C=C\CC)COP(=O)(O)OCCN. The van der Waals surface area contributed by atoms with Crippen LogP contribution in [0.2, 0.25) is 0 Å². The Hall–Kier alpha value is -6.45. The molecule has 0 bridgehead atoms. The number of carbonyl (C=O) groups is 2. The summed E-state index contributed by atoms with van der Waals surface area (Å²) in [5, 5.41) is 0. The van der Waals surface area contributed by atoms with E-state index in [2.05, 4.69) is 269 Å². The zero-order chi connectivity index (χ0) is 68.6. The standard InChI is InChI=1S/C85H128NO8P/c1-3-5-7-9-11-13-15-17-19-21-23-25-27-29-31-33-35-37-38-39-40-41-42-43-44-46-48-50-52-54-56-58-60-62-64-66-68-70-72-74-76-78-85(88)94-83(82-93-95(89,90)92-80-79-86)81-91-84(87)77-75-73-71-69-67-65-63-61-59-57-55-53-51-49-47-45-36-34-32-30-28-26-24-22-20-18-16-14-12-10-8-6-4-2/h5-8,11-14,17-20,23-26,29-32,35-37,39-40,42-43,45-46,48-49,51-52,54-55,57-58,60-61,63-64,66,83H,3-4,9-10,15-16,21-22,27-28,33-34,38,41,44,47,50,53,56,59,62,65,67-82,86H2,1-2H3,(H,89,90)/b7-5-,8-6-,13-11-,14-12-,19-17-,20-18-,25-23-,26-24-,31-29-,32-30-,37-35-,40-39-,43-42-,45-36-,48-46-,51-49-,54-52-,57-55-,60-58-,63-61-,66-64-. The smallest absolute Gasteiger partial charge is 0.462 e. The lowest BCUT2D eigenvalue weighted by atomic mass is 10.1. The molecule has 0 aromatic heterocycles. The van der Waals surface area contributed by atoms with Crippen molar-refractivity contribution in [3.8, 4) is 0 Å². The summed E-state index contributed by atoms with van der Waals surface area (Å²) in [5.74, 6) is -0.902. The van der Waals surface area contributed by atoms with Gasteiger partial charge in [-0.3, -0.25) is 18.6 Å². The molecule has 0 aliphatic rings. The molecule has 3 N–H and O–H groups in total. The first-order chi connectivity index (χ1) is 46.8. The van der Waals surface area contributed by atoms with Gasteiger partial charge in [0.1, 0.15) is 6.61 Å². The summed E-state index contributed by atoms with van der Waals surface area (Å²) in [6, 6.07) is 0. The van der Waals surface area contributed by atoms with E-state index in [1.54, 1.807) is 0 Å². The molecule has 0 aromatic rings. The van der Waals surface area contributed by atoms with Crippen LogP contribution >= 0.6 is 7.82 Å². The van der Waals surface area contributed by atoms with Crippen LogP contribution in [0.3, 0.4) is 0 Å². The van der Waals surface area contributed by atoms with Gasteiger partial charge in [0.2, 0.25) is 0 Å². The maximum absolute atomic E-state index is 12.8. The number of allylic oxidation sites excluding steroid dienone is 42. The monoisotopic (exact) mass is 1320 g/mol. The third-order valence-corrected chi connectivity index (χ3v) is 14.9. The van der Waals surface area contributed by atoms with Crippen LogP contribution in [0.4, 0.5) is 0 Å². The Bertz CT molecular complexity index is 2510. The Balaban J connectivity index is 4.11. The van der Waals surface area contributed by atoms with Gasteiger partial charge >= 0.3 is 19.8 Å². The van der Waals surface area contributed by atoms with E-state index in [0.29, 0.717) is 12.8 Å². The lowest BCUT2D eigenvalue weighted by Gasteiger charge is -2.19. The molecular weight excluding hydrogens is 1190 g/mol. The Morgan fingerprint density at radius 2 is 0.547 bits per heavy atom. The van der Waals surface area contributed by atoms with E-state index in [0.717, 1.165) is 193 Å². The van der Waals surface area contributed by atoms with Crippen LogP contribution in [-0.2, 0) is 32.7 Å². The zero-order valence-electron chi connectivity index (χ0n) is 59.0. The number of nitrogens with two attached hydrogens (primary N) is 1. The van der Waals surface area contributed by atoms with E-state index < -0.39 is 32.5 Å². The first-order valence-corrected chi connectivity index (χ1v) is 37.7. The number of rotatable bonds is 64. The van der Waals surface area contributed by atoms with Gasteiger partial charge in [-0.1, -0.05) is 301 Å². The number of hydrogen-bond acceptors (Lipinski definition) is 8. The predicted molar refractivity (Wildman–Crippen MR) is 412 cm³/mol. The third-order valence-electron chi connectivity index (χ3n) is 13.9. The molecule has 0 saturated carbocycles. The lowest BCUT2D eigenvalue weighted by Crippen LogP contribution is -2.29. The molecule has 0 saturated heterocycles. The van der Waals surface area contributed by atoms with Gasteiger partial charge in [0.15, 0.2) is 6.10 Å². The molecule has 0 aliphatic heterocycles. The predicted octanol–water partition coefficient (Wildman–Crippen LogP) is 24.5. The first-order valence-electron chi connectivity index (χ1n) is 36.2. The molecule has 0 heterocycles.